The first-order chi connectivity index (χ1) is 8.90. The zero-order chi connectivity index (χ0) is 14.6. The number of hydrogen-bond donors (Lipinski definition) is 0. The lowest BCUT2D eigenvalue weighted by molar-refractivity contribution is 0.727. The first kappa shape index (κ1) is 16.3. The van der Waals surface area contributed by atoms with Gasteiger partial charge in [0.05, 0.1) is 0 Å². The van der Waals surface area contributed by atoms with Crippen molar-refractivity contribution in [2.24, 2.45) is 0 Å². The molecule has 0 saturated carbocycles. The summed E-state index contributed by atoms with van der Waals surface area (Å²) in [5.41, 5.74) is 6.30. The minimum Gasteiger partial charge on any atom is -0.0587 e. The van der Waals surface area contributed by atoms with Crippen LogP contribution in [0.3, 0.4) is 0 Å². The van der Waals surface area contributed by atoms with Crippen LogP contribution in [0.1, 0.15) is 94.4 Å². The van der Waals surface area contributed by atoms with Crippen LogP contribution in [0, 0.1) is 6.92 Å². The number of hydrogen-bond acceptors (Lipinski definition) is 0. The maximum atomic E-state index is 3.98. The molecule has 0 fully saturated rings. The molecule has 1 aromatic carbocycles. The summed E-state index contributed by atoms with van der Waals surface area (Å²) in [5.74, 6) is 1.82. The van der Waals surface area contributed by atoms with Gasteiger partial charge in [-0.3, -0.25) is 0 Å². The van der Waals surface area contributed by atoms with E-state index in [9.17, 15) is 0 Å². The molecule has 0 atom stereocenters. The first-order valence-corrected chi connectivity index (χ1v) is 7.84. The highest BCUT2D eigenvalue weighted by Crippen LogP contribution is 2.36. The molecule has 0 amide bonds. The molecule has 0 aliphatic rings. The van der Waals surface area contributed by atoms with Crippen LogP contribution in [0.5, 0.6) is 0 Å². The van der Waals surface area contributed by atoms with Gasteiger partial charge in [0.15, 0.2) is 0 Å². The molecule has 0 heteroatoms. The van der Waals surface area contributed by atoms with Gasteiger partial charge in [0.25, 0.3) is 0 Å². The van der Waals surface area contributed by atoms with Crippen LogP contribution in [0.2, 0.25) is 0 Å². The number of benzene rings is 1. The Morgan fingerprint density at radius 3 is 1.84 bits per heavy atom. The average molecular weight is 259 g/mol. The Kier molecular flexibility index (Phi) is 6.10. The van der Waals surface area contributed by atoms with Gasteiger partial charge < -0.3 is 0 Å². The smallest absolute Gasteiger partial charge is 0.0213 e. The molecular formula is C19H31. The van der Waals surface area contributed by atoms with E-state index < -0.39 is 0 Å². The van der Waals surface area contributed by atoms with Crippen molar-refractivity contribution in [1.82, 2.24) is 0 Å². The Balaban J connectivity index is 3.40. The summed E-state index contributed by atoms with van der Waals surface area (Å²) in [6.07, 6.45) is 3.40. The maximum absolute atomic E-state index is 3.98. The molecule has 1 aromatic rings. The van der Waals surface area contributed by atoms with Crippen molar-refractivity contribution in [3.05, 3.63) is 41.3 Å². The predicted octanol–water partition coefficient (Wildman–Crippen LogP) is 6.21. The molecule has 0 saturated heterocycles. The summed E-state index contributed by atoms with van der Waals surface area (Å²) in [4.78, 5) is 0. The Morgan fingerprint density at radius 1 is 0.842 bits per heavy atom. The van der Waals surface area contributed by atoms with Gasteiger partial charge in [-0.2, -0.15) is 0 Å². The molecule has 19 heavy (non-hydrogen) atoms. The molecular weight excluding hydrogens is 228 g/mol. The van der Waals surface area contributed by atoms with E-state index in [1.807, 2.05) is 0 Å². The van der Waals surface area contributed by atoms with E-state index in [2.05, 4.69) is 60.6 Å². The van der Waals surface area contributed by atoms with Gasteiger partial charge in [-0.15, -0.1) is 0 Å². The van der Waals surface area contributed by atoms with E-state index in [0.29, 0.717) is 17.8 Å². The molecule has 0 spiro atoms. The Bertz CT molecular complexity index is 397. The van der Waals surface area contributed by atoms with Crippen LogP contribution < -0.4 is 0 Å². The van der Waals surface area contributed by atoms with Crippen molar-refractivity contribution in [3.8, 4) is 0 Å². The lowest BCUT2D eigenvalue weighted by atomic mass is 9.80. The monoisotopic (exact) mass is 259 g/mol. The number of aryl methyl sites for hydroxylation is 1. The lowest BCUT2D eigenvalue weighted by Crippen LogP contribution is -2.09. The summed E-state index contributed by atoms with van der Waals surface area (Å²) < 4.78 is 0. The van der Waals surface area contributed by atoms with Gasteiger partial charge in [-0.25, -0.2) is 0 Å². The fourth-order valence-corrected chi connectivity index (χ4v) is 3.06. The standard InChI is InChI=1S/C19H31/c1-8-9-10-16-11-12-17(13(2)3)19(15(6)7)18(16)14(4)5/h11-15H,1,8-10H2,2-7H3. The second kappa shape index (κ2) is 7.12. The highest BCUT2D eigenvalue weighted by Gasteiger charge is 2.19. The summed E-state index contributed by atoms with van der Waals surface area (Å²) in [5, 5.41) is 0. The van der Waals surface area contributed by atoms with E-state index in [0.717, 1.165) is 6.42 Å². The maximum Gasteiger partial charge on any atom is -0.0213 e. The largest absolute Gasteiger partial charge is 0.0587 e. The molecule has 0 aliphatic heterocycles. The van der Waals surface area contributed by atoms with E-state index in [-0.39, 0.29) is 0 Å². The van der Waals surface area contributed by atoms with Gasteiger partial charge in [-0.1, -0.05) is 67.0 Å². The Labute approximate surface area is 120 Å². The Morgan fingerprint density at radius 2 is 1.42 bits per heavy atom. The van der Waals surface area contributed by atoms with Crippen LogP contribution in [0.25, 0.3) is 0 Å². The third-order valence-electron chi connectivity index (χ3n) is 3.88. The van der Waals surface area contributed by atoms with Gasteiger partial charge in [0, 0.05) is 0 Å². The van der Waals surface area contributed by atoms with Crippen LogP contribution in [-0.2, 0) is 6.42 Å². The zero-order valence-electron chi connectivity index (χ0n) is 13.7. The quantitative estimate of drug-likeness (QED) is 0.569. The van der Waals surface area contributed by atoms with Crippen molar-refractivity contribution in [3.63, 3.8) is 0 Å². The highest BCUT2D eigenvalue weighted by atomic mass is 14.2. The summed E-state index contributed by atoms with van der Waals surface area (Å²) in [6, 6.07) is 4.73. The van der Waals surface area contributed by atoms with Crippen molar-refractivity contribution < 1.29 is 0 Å². The topological polar surface area (TPSA) is 0 Å². The van der Waals surface area contributed by atoms with Crippen LogP contribution >= 0.6 is 0 Å². The van der Waals surface area contributed by atoms with Crippen molar-refractivity contribution in [2.45, 2.75) is 78.6 Å². The van der Waals surface area contributed by atoms with Crippen molar-refractivity contribution in [1.29, 1.82) is 0 Å². The van der Waals surface area contributed by atoms with Crippen LogP contribution in [0.15, 0.2) is 12.1 Å². The Hall–Kier alpha value is -0.780. The molecule has 0 unspecified atom stereocenters. The van der Waals surface area contributed by atoms with E-state index in [4.69, 9.17) is 0 Å². The molecule has 0 bridgehead atoms. The fraction of sp³-hybridized carbons (Fsp3) is 0.632. The molecule has 0 aliphatic carbocycles. The van der Waals surface area contributed by atoms with Crippen LogP contribution in [-0.4, -0.2) is 0 Å². The third kappa shape index (κ3) is 3.84. The van der Waals surface area contributed by atoms with Gasteiger partial charge in [0.1, 0.15) is 0 Å². The fourth-order valence-electron chi connectivity index (χ4n) is 3.06. The second-order valence-electron chi connectivity index (χ2n) is 6.56. The van der Waals surface area contributed by atoms with Gasteiger partial charge >= 0.3 is 0 Å². The van der Waals surface area contributed by atoms with Crippen molar-refractivity contribution >= 4 is 0 Å². The van der Waals surface area contributed by atoms with Gasteiger partial charge in [-0.05, 0) is 52.8 Å². The minimum atomic E-state index is 0.606. The molecule has 1 rings (SSSR count). The first-order valence-electron chi connectivity index (χ1n) is 7.84. The van der Waals surface area contributed by atoms with E-state index in [1.54, 1.807) is 16.7 Å². The SMILES string of the molecule is [CH2]CCCc1ccc(C(C)C)c(C(C)C)c1C(C)C. The van der Waals surface area contributed by atoms with Gasteiger partial charge in [0.2, 0.25) is 0 Å². The second-order valence-corrected chi connectivity index (χ2v) is 6.56. The van der Waals surface area contributed by atoms with Crippen molar-refractivity contribution in [2.75, 3.05) is 0 Å². The van der Waals surface area contributed by atoms with E-state index >= 15 is 0 Å². The molecule has 0 heterocycles. The molecule has 0 aromatic heterocycles. The molecule has 1 radical (unpaired) electrons. The number of unbranched alkanes of at least 4 members (excludes halogenated alkanes) is 1. The lowest BCUT2D eigenvalue weighted by Gasteiger charge is -2.25. The summed E-state index contributed by atoms with van der Waals surface area (Å²) in [7, 11) is 0. The summed E-state index contributed by atoms with van der Waals surface area (Å²) in [6.45, 7) is 17.9. The highest BCUT2D eigenvalue weighted by molar-refractivity contribution is 5.46. The molecule has 0 N–H and O–H groups in total. The third-order valence-corrected chi connectivity index (χ3v) is 3.88. The summed E-state index contributed by atoms with van der Waals surface area (Å²) >= 11 is 0. The normalized spacial score (nSPS) is 11.9. The molecule has 0 nitrogen and oxygen atoms in total. The van der Waals surface area contributed by atoms with Crippen LogP contribution in [0.4, 0.5) is 0 Å². The zero-order valence-corrected chi connectivity index (χ0v) is 13.7. The average Bonchev–Trinajstić information content (AvgIpc) is 2.34. The van der Waals surface area contributed by atoms with E-state index in [1.165, 1.54) is 18.4 Å². The minimum absolute atomic E-state index is 0.606. The predicted molar refractivity (Wildman–Crippen MR) is 87.0 cm³/mol. The molecule has 107 valence electrons. The number of rotatable bonds is 6.